The summed E-state index contributed by atoms with van der Waals surface area (Å²) in [6.45, 7) is 3.80. The number of hydrogen-bond donors (Lipinski definition) is 0. The van der Waals surface area contributed by atoms with E-state index in [1.807, 2.05) is 41.5 Å². The van der Waals surface area contributed by atoms with Gasteiger partial charge in [0.1, 0.15) is 11.4 Å². The van der Waals surface area contributed by atoms with Crippen molar-refractivity contribution >= 4 is 17.2 Å². The molecule has 0 aliphatic carbocycles. The first kappa shape index (κ1) is 16.9. The molecule has 1 atom stereocenters. The lowest BCUT2D eigenvalue weighted by Gasteiger charge is -2.25. The molecule has 1 aromatic carbocycles. The maximum Gasteiger partial charge on any atom is 0.273 e. The van der Waals surface area contributed by atoms with Crippen LogP contribution in [-0.2, 0) is 11.3 Å². The summed E-state index contributed by atoms with van der Waals surface area (Å²) in [6, 6.07) is 7.81. The van der Waals surface area contributed by atoms with Crippen molar-refractivity contribution in [2.75, 3.05) is 20.3 Å². The zero-order valence-electron chi connectivity index (χ0n) is 14.0. The highest BCUT2D eigenvalue weighted by molar-refractivity contribution is 7.09. The van der Waals surface area contributed by atoms with E-state index in [0.717, 1.165) is 35.8 Å². The second kappa shape index (κ2) is 7.77. The molecule has 0 saturated carbocycles. The van der Waals surface area contributed by atoms with Crippen molar-refractivity contribution in [1.82, 2.24) is 9.88 Å². The van der Waals surface area contributed by atoms with Crippen LogP contribution in [0.25, 0.3) is 0 Å². The van der Waals surface area contributed by atoms with E-state index in [1.165, 1.54) is 11.3 Å². The molecule has 6 heteroatoms. The fraction of sp³-hybridized carbons (Fsp3) is 0.444. The number of methoxy groups -OCH3 is 1. The van der Waals surface area contributed by atoms with Crippen LogP contribution in [0.3, 0.4) is 0 Å². The normalized spacial score (nSPS) is 17.0. The van der Waals surface area contributed by atoms with Crippen LogP contribution in [-0.4, -0.2) is 42.2 Å². The Morgan fingerprint density at radius 2 is 2.38 bits per heavy atom. The van der Waals surface area contributed by atoms with Gasteiger partial charge in [-0.3, -0.25) is 4.79 Å². The Bertz CT molecular complexity index is 695. The van der Waals surface area contributed by atoms with E-state index in [9.17, 15) is 4.79 Å². The molecule has 5 nitrogen and oxygen atoms in total. The fourth-order valence-corrected chi connectivity index (χ4v) is 3.46. The summed E-state index contributed by atoms with van der Waals surface area (Å²) in [6.07, 6.45) is 2.17. The summed E-state index contributed by atoms with van der Waals surface area (Å²) in [5.74, 6) is 0.749. The molecule has 0 bridgehead atoms. The van der Waals surface area contributed by atoms with Gasteiger partial charge in [-0.25, -0.2) is 4.98 Å². The average molecular weight is 346 g/mol. The van der Waals surface area contributed by atoms with E-state index in [1.54, 1.807) is 7.11 Å². The number of nitrogens with zero attached hydrogens (tertiary/aromatic N) is 2. The smallest absolute Gasteiger partial charge is 0.273 e. The first-order chi connectivity index (χ1) is 11.7. The Labute approximate surface area is 146 Å². The molecule has 128 valence electrons. The molecule has 1 amide bonds. The van der Waals surface area contributed by atoms with E-state index in [2.05, 4.69) is 4.98 Å². The van der Waals surface area contributed by atoms with Gasteiger partial charge in [-0.05, 0) is 37.5 Å². The van der Waals surface area contributed by atoms with Gasteiger partial charge in [0.05, 0.1) is 18.2 Å². The first-order valence-electron chi connectivity index (χ1n) is 8.11. The van der Waals surface area contributed by atoms with Crippen molar-refractivity contribution in [2.24, 2.45) is 0 Å². The Balaban J connectivity index is 1.79. The third-order valence-electron chi connectivity index (χ3n) is 4.08. The summed E-state index contributed by atoms with van der Waals surface area (Å²) in [7, 11) is 1.65. The molecule has 0 radical (unpaired) electrons. The van der Waals surface area contributed by atoms with Gasteiger partial charge in [0.15, 0.2) is 0 Å². The van der Waals surface area contributed by atoms with Gasteiger partial charge in [-0.2, -0.15) is 0 Å². The Morgan fingerprint density at radius 1 is 1.50 bits per heavy atom. The van der Waals surface area contributed by atoms with Crippen molar-refractivity contribution in [3.05, 3.63) is 45.9 Å². The molecule has 2 aromatic rings. The van der Waals surface area contributed by atoms with Crippen LogP contribution >= 0.6 is 11.3 Å². The number of aromatic nitrogens is 1. The van der Waals surface area contributed by atoms with Crippen molar-refractivity contribution in [2.45, 2.75) is 32.4 Å². The molecule has 1 aromatic heterocycles. The lowest BCUT2D eigenvalue weighted by Crippen LogP contribution is -2.37. The van der Waals surface area contributed by atoms with Crippen molar-refractivity contribution < 1.29 is 14.3 Å². The number of rotatable bonds is 6. The van der Waals surface area contributed by atoms with Gasteiger partial charge in [0.25, 0.3) is 5.91 Å². The quantitative estimate of drug-likeness (QED) is 0.805. The summed E-state index contributed by atoms with van der Waals surface area (Å²) in [5.41, 5.74) is 1.55. The number of aryl methyl sites for hydroxylation is 1. The van der Waals surface area contributed by atoms with Gasteiger partial charge in [0.2, 0.25) is 0 Å². The van der Waals surface area contributed by atoms with E-state index < -0.39 is 0 Å². The molecule has 1 aliphatic rings. The molecule has 0 N–H and O–H groups in total. The van der Waals surface area contributed by atoms with Gasteiger partial charge in [0, 0.05) is 25.1 Å². The van der Waals surface area contributed by atoms with E-state index in [4.69, 9.17) is 9.47 Å². The van der Waals surface area contributed by atoms with Gasteiger partial charge in [-0.15, -0.1) is 11.3 Å². The van der Waals surface area contributed by atoms with Crippen molar-refractivity contribution in [3.63, 3.8) is 0 Å². The van der Waals surface area contributed by atoms with Crippen LogP contribution in [0.15, 0.2) is 29.6 Å². The van der Waals surface area contributed by atoms with Crippen LogP contribution in [0, 0.1) is 6.92 Å². The SMILES string of the molecule is COc1cccc(CN(CC2CCCO2)C(=O)c2csc(C)n2)c1. The van der Waals surface area contributed by atoms with E-state index in [0.29, 0.717) is 18.8 Å². The Hall–Kier alpha value is -1.92. The lowest BCUT2D eigenvalue weighted by atomic mass is 10.1. The zero-order valence-corrected chi connectivity index (χ0v) is 14.8. The summed E-state index contributed by atoms with van der Waals surface area (Å²) >= 11 is 1.50. The minimum atomic E-state index is -0.0438. The number of amides is 1. The second-order valence-electron chi connectivity index (χ2n) is 5.92. The number of carbonyl (C=O) groups is 1. The minimum absolute atomic E-state index is 0.0438. The summed E-state index contributed by atoms with van der Waals surface area (Å²) < 4.78 is 11.0. The third-order valence-corrected chi connectivity index (χ3v) is 4.85. The maximum atomic E-state index is 12.9. The van der Waals surface area contributed by atoms with Crippen LogP contribution < -0.4 is 4.74 Å². The van der Waals surface area contributed by atoms with Gasteiger partial charge in [-0.1, -0.05) is 12.1 Å². The van der Waals surface area contributed by atoms with Crippen molar-refractivity contribution in [1.29, 1.82) is 0 Å². The molecule has 2 heterocycles. The summed E-state index contributed by atoms with van der Waals surface area (Å²) in [4.78, 5) is 19.1. The minimum Gasteiger partial charge on any atom is -0.497 e. The Morgan fingerprint density at radius 3 is 3.04 bits per heavy atom. The highest BCUT2D eigenvalue weighted by atomic mass is 32.1. The van der Waals surface area contributed by atoms with Gasteiger partial charge >= 0.3 is 0 Å². The highest BCUT2D eigenvalue weighted by Gasteiger charge is 2.25. The number of thiazole rings is 1. The molecule has 0 spiro atoms. The summed E-state index contributed by atoms with van der Waals surface area (Å²) in [5, 5.41) is 2.72. The largest absolute Gasteiger partial charge is 0.497 e. The number of benzene rings is 1. The van der Waals surface area contributed by atoms with Gasteiger partial charge < -0.3 is 14.4 Å². The average Bonchev–Trinajstić information content (AvgIpc) is 3.25. The zero-order chi connectivity index (χ0) is 16.9. The number of hydrogen-bond acceptors (Lipinski definition) is 5. The van der Waals surface area contributed by atoms with Crippen molar-refractivity contribution in [3.8, 4) is 5.75 Å². The maximum absolute atomic E-state index is 12.9. The van der Waals surface area contributed by atoms with Crippen LogP contribution in [0.1, 0.15) is 33.9 Å². The fourth-order valence-electron chi connectivity index (χ4n) is 2.87. The molecule has 1 fully saturated rings. The van der Waals surface area contributed by atoms with E-state index >= 15 is 0 Å². The molecule has 3 rings (SSSR count). The number of ether oxygens (including phenoxy) is 2. The molecule has 1 aliphatic heterocycles. The predicted octanol–water partition coefficient (Wildman–Crippen LogP) is 3.28. The molecule has 1 unspecified atom stereocenters. The third kappa shape index (κ3) is 4.13. The van der Waals surface area contributed by atoms with E-state index in [-0.39, 0.29) is 12.0 Å². The second-order valence-corrected chi connectivity index (χ2v) is 6.99. The topological polar surface area (TPSA) is 51.7 Å². The Kier molecular flexibility index (Phi) is 5.48. The highest BCUT2D eigenvalue weighted by Crippen LogP contribution is 2.20. The number of carbonyl (C=O) groups excluding carboxylic acids is 1. The van der Waals surface area contributed by atoms with Crippen LogP contribution in [0.5, 0.6) is 5.75 Å². The first-order valence-corrected chi connectivity index (χ1v) is 8.99. The molecular weight excluding hydrogens is 324 g/mol. The van der Waals surface area contributed by atoms with Crippen LogP contribution in [0.4, 0.5) is 0 Å². The lowest BCUT2D eigenvalue weighted by molar-refractivity contribution is 0.0503. The van der Waals surface area contributed by atoms with Crippen LogP contribution in [0.2, 0.25) is 0 Å². The monoisotopic (exact) mass is 346 g/mol. The molecule has 1 saturated heterocycles. The standard InChI is InChI=1S/C18H22N2O3S/c1-13-19-17(12-24-13)18(21)20(11-16-7-4-8-23-16)10-14-5-3-6-15(9-14)22-2/h3,5-6,9,12,16H,4,7-8,10-11H2,1-2H3. The molecule has 24 heavy (non-hydrogen) atoms. The molecular formula is C18H22N2O3S. The predicted molar refractivity (Wildman–Crippen MR) is 93.6 cm³/mol.